The first-order chi connectivity index (χ1) is 10.7. The number of unbranched alkanes of at least 4 members (excludes halogenated alkanes) is 12. The van der Waals surface area contributed by atoms with Gasteiger partial charge in [0.25, 0.3) is 0 Å². The zero-order valence-electron chi connectivity index (χ0n) is 15.6. The third-order valence-electron chi connectivity index (χ3n) is 4.54. The molecule has 0 heterocycles. The second-order valence-corrected chi connectivity index (χ2v) is 9.58. The highest BCUT2D eigenvalue weighted by atomic mass is 31.2. The van der Waals surface area contributed by atoms with Crippen LogP contribution in [0.25, 0.3) is 0 Å². The minimum atomic E-state index is -2.32. The Bertz CT molecular complexity index is 244. The maximum Gasteiger partial charge on any atom is 0.202 e. The molecule has 0 unspecified atom stereocenters. The minimum Gasteiger partial charge on any atom is -0.332 e. The molecule has 0 aliphatic rings. The van der Waals surface area contributed by atoms with Gasteiger partial charge in [0.05, 0.1) is 0 Å². The van der Waals surface area contributed by atoms with E-state index in [-0.39, 0.29) is 0 Å². The number of rotatable bonds is 17. The van der Waals surface area contributed by atoms with Crippen molar-refractivity contribution in [1.82, 2.24) is 0 Å². The fourth-order valence-corrected chi connectivity index (χ4v) is 4.91. The van der Waals surface area contributed by atoms with Gasteiger partial charge in [-0.3, -0.25) is 4.57 Å². The van der Waals surface area contributed by atoms with Crippen LogP contribution in [0.4, 0.5) is 0 Å². The van der Waals surface area contributed by atoms with Crippen LogP contribution in [0.2, 0.25) is 0 Å². The lowest BCUT2D eigenvalue weighted by atomic mass is 10.1. The molecule has 0 rings (SSSR count). The molecule has 0 N–H and O–H groups in total. The van der Waals surface area contributed by atoms with E-state index in [1.165, 1.54) is 77.0 Å². The summed E-state index contributed by atoms with van der Waals surface area (Å²) in [5.74, 6) is 0. The third kappa shape index (κ3) is 13.8. The van der Waals surface area contributed by atoms with Gasteiger partial charge in [-0.2, -0.15) is 0 Å². The number of hydrogen-bond donors (Lipinski definition) is 0. The molecule has 0 atom stereocenters. The van der Waals surface area contributed by atoms with E-state index in [0.29, 0.717) is 0 Å². The van der Waals surface area contributed by atoms with Crippen LogP contribution in [-0.2, 0) is 9.09 Å². The standard InChI is InChI=1S/C19H41O2P/c1-4-6-8-10-12-14-16-18-22(20,21-3)19-17-15-13-11-9-7-5-2/h4-19H2,1-3H3. The minimum absolute atomic E-state index is 0.799. The predicted octanol–water partition coefficient (Wildman–Crippen LogP) is 7.41. The molecular formula is C19H41O2P. The Morgan fingerprint density at radius 2 is 0.909 bits per heavy atom. The van der Waals surface area contributed by atoms with Crippen LogP contribution in [0.3, 0.4) is 0 Å². The van der Waals surface area contributed by atoms with Crippen molar-refractivity contribution in [2.45, 2.75) is 104 Å². The Balaban J connectivity index is 3.57. The third-order valence-corrected chi connectivity index (χ3v) is 7.20. The molecule has 0 amide bonds. The average molecular weight is 333 g/mol. The highest BCUT2D eigenvalue weighted by molar-refractivity contribution is 7.58. The molecule has 3 heteroatoms. The van der Waals surface area contributed by atoms with E-state index >= 15 is 0 Å². The summed E-state index contributed by atoms with van der Waals surface area (Å²) < 4.78 is 18.0. The lowest BCUT2D eigenvalue weighted by molar-refractivity contribution is 0.389. The Morgan fingerprint density at radius 1 is 0.591 bits per heavy atom. The topological polar surface area (TPSA) is 26.3 Å². The lowest BCUT2D eigenvalue weighted by Gasteiger charge is -2.16. The molecule has 22 heavy (non-hydrogen) atoms. The summed E-state index contributed by atoms with van der Waals surface area (Å²) in [5, 5.41) is 0. The SMILES string of the molecule is CCCCCCCCCP(=O)(CCCCCCCCC)OC. The quantitative estimate of drug-likeness (QED) is 0.205. The molecule has 0 fully saturated rings. The first-order valence-electron chi connectivity index (χ1n) is 9.82. The first kappa shape index (κ1) is 22.2. The lowest BCUT2D eigenvalue weighted by Crippen LogP contribution is -1.98. The van der Waals surface area contributed by atoms with Gasteiger partial charge in [0.15, 0.2) is 0 Å². The maximum absolute atomic E-state index is 12.6. The molecule has 0 bridgehead atoms. The Hall–Kier alpha value is 0.190. The Kier molecular flexibility index (Phi) is 16.2. The van der Waals surface area contributed by atoms with Crippen LogP contribution in [0.15, 0.2) is 0 Å². The van der Waals surface area contributed by atoms with Crippen molar-refractivity contribution in [1.29, 1.82) is 0 Å². The molecule has 0 saturated heterocycles. The fourth-order valence-electron chi connectivity index (χ4n) is 2.91. The van der Waals surface area contributed by atoms with Crippen molar-refractivity contribution in [2.75, 3.05) is 19.4 Å². The molecule has 0 aromatic heterocycles. The zero-order chi connectivity index (χ0) is 16.5. The van der Waals surface area contributed by atoms with E-state index in [1.807, 2.05) is 0 Å². The summed E-state index contributed by atoms with van der Waals surface area (Å²) in [6.07, 6.45) is 19.5. The van der Waals surface area contributed by atoms with Gasteiger partial charge in [-0.1, -0.05) is 90.9 Å². The molecule has 0 saturated carbocycles. The highest BCUT2D eigenvalue weighted by Gasteiger charge is 2.19. The molecular weight excluding hydrogens is 291 g/mol. The maximum atomic E-state index is 12.6. The molecule has 0 aliphatic carbocycles. The molecule has 134 valence electrons. The van der Waals surface area contributed by atoms with Gasteiger partial charge >= 0.3 is 0 Å². The van der Waals surface area contributed by atoms with E-state index in [2.05, 4.69) is 13.8 Å². The Morgan fingerprint density at radius 3 is 1.23 bits per heavy atom. The van der Waals surface area contributed by atoms with E-state index in [0.717, 1.165) is 25.2 Å². The van der Waals surface area contributed by atoms with E-state index in [4.69, 9.17) is 4.52 Å². The van der Waals surface area contributed by atoms with Crippen LogP contribution in [0.5, 0.6) is 0 Å². The van der Waals surface area contributed by atoms with E-state index in [9.17, 15) is 4.57 Å². The number of hydrogen-bond acceptors (Lipinski definition) is 2. The summed E-state index contributed by atoms with van der Waals surface area (Å²) in [6.45, 7) is 4.50. The van der Waals surface area contributed by atoms with Crippen LogP contribution in [0.1, 0.15) is 104 Å². The van der Waals surface area contributed by atoms with Crippen molar-refractivity contribution in [3.63, 3.8) is 0 Å². The van der Waals surface area contributed by atoms with Crippen molar-refractivity contribution in [2.24, 2.45) is 0 Å². The van der Waals surface area contributed by atoms with Crippen LogP contribution >= 0.6 is 7.37 Å². The largest absolute Gasteiger partial charge is 0.332 e. The second-order valence-electron chi connectivity index (χ2n) is 6.69. The summed E-state index contributed by atoms with van der Waals surface area (Å²) in [6, 6.07) is 0. The summed E-state index contributed by atoms with van der Waals surface area (Å²) in [5.41, 5.74) is 0. The molecule has 0 aromatic carbocycles. The van der Waals surface area contributed by atoms with Crippen molar-refractivity contribution < 1.29 is 9.09 Å². The van der Waals surface area contributed by atoms with Crippen molar-refractivity contribution >= 4 is 7.37 Å². The van der Waals surface area contributed by atoms with Crippen LogP contribution in [0, 0.1) is 0 Å². The normalized spacial score (nSPS) is 12.0. The summed E-state index contributed by atoms with van der Waals surface area (Å²) in [4.78, 5) is 0. The monoisotopic (exact) mass is 332 g/mol. The predicted molar refractivity (Wildman–Crippen MR) is 100 cm³/mol. The average Bonchev–Trinajstić information content (AvgIpc) is 2.53. The summed E-state index contributed by atoms with van der Waals surface area (Å²) in [7, 11) is -0.681. The zero-order valence-corrected chi connectivity index (χ0v) is 16.5. The van der Waals surface area contributed by atoms with Gasteiger partial charge in [-0.25, -0.2) is 0 Å². The van der Waals surface area contributed by atoms with Crippen molar-refractivity contribution in [3.05, 3.63) is 0 Å². The highest BCUT2D eigenvalue weighted by Crippen LogP contribution is 2.47. The van der Waals surface area contributed by atoms with Gasteiger partial charge in [0.1, 0.15) is 0 Å². The van der Waals surface area contributed by atoms with Crippen molar-refractivity contribution in [3.8, 4) is 0 Å². The Labute approximate surface area is 140 Å². The van der Waals surface area contributed by atoms with E-state index in [1.54, 1.807) is 7.11 Å². The molecule has 0 aromatic rings. The van der Waals surface area contributed by atoms with Gasteiger partial charge in [-0.15, -0.1) is 0 Å². The van der Waals surface area contributed by atoms with Gasteiger partial charge in [0, 0.05) is 19.4 Å². The molecule has 0 aliphatic heterocycles. The molecule has 0 radical (unpaired) electrons. The molecule has 2 nitrogen and oxygen atoms in total. The fraction of sp³-hybridized carbons (Fsp3) is 1.00. The summed E-state index contributed by atoms with van der Waals surface area (Å²) >= 11 is 0. The first-order valence-corrected chi connectivity index (χ1v) is 11.8. The van der Waals surface area contributed by atoms with Gasteiger partial charge in [-0.05, 0) is 12.8 Å². The smallest absolute Gasteiger partial charge is 0.202 e. The van der Waals surface area contributed by atoms with Crippen LogP contribution in [-0.4, -0.2) is 19.4 Å². The van der Waals surface area contributed by atoms with Gasteiger partial charge in [0.2, 0.25) is 7.37 Å². The molecule has 0 spiro atoms. The second kappa shape index (κ2) is 16.1. The van der Waals surface area contributed by atoms with Crippen LogP contribution < -0.4 is 0 Å². The van der Waals surface area contributed by atoms with E-state index < -0.39 is 7.37 Å². The van der Waals surface area contributed by atoms with Gasteiger partial charge < -0.3 is 4.52 Å².